The standard InChI is InChI=1S/C23H26F3N5O2S/c24-34(25,26)16-1-2-17(19(27)11-16)23(32)31-7-3-14(4-8-31)18-12-28-22-21(18)30-20(13-29-22)15-5-9-33-10-6-15/h1-2,11-15H,3-10,27H2,(H,28,29). The third-order valence-corrected chi connectivity index (χ3v) is 7.60. The topological polar surface area (TPSA) is 97.1 Å². The number of nitrogens with one attached hydrogen (secondary N) is 1. The Morgan fingerprint density at radius 1 is 1.12 bits per heavy atom. The van der Waals surface area contributed by atoms with Crippen molar-refractivity contribution < 1.29 is 21.2 Å². The van der Waals surface area contributed by atoms with Crippen molar-refractivity contribution in [3.63, 3.8) is 0 Å². The third kappa shape index (κ3) is 4.46. The van der Waals surface area contributed by atoms with Crippen LogP contribution in [-0.4, -0.2) is 52.1 Å². The molecule has 0 spiro atoms. The first-order chi connectivity index (χ1) is 16.3. The highest BCUT2D eigenvalue weighted by Gasteiger charge is 2.30. The molecule has 7 nitrogen and oxygen atoms in total. The van der Waals surface area contributed by atoms with Crippen LogP contribution in [0.3, 0.4) is 0 Å². The molecule has 0 aliphatic carbocycles. The molecule has 34 heavy (non-hydrogen) atoms. The summed E-state index contributed by atoms with van der Waals surface area (Å²) in [6.07, 6.45) is 7.13. The summed E-state index contributed by atoms with van der Waals surface area (Å²) in [6, 6.07) is 2.98. The molecule has 0 saturated carbocycles. The number of carbonyl (C=O) groups is 1. The van der Waals surface area contributed by atoms with E-state index in [1.165, 1.54) is 6.07 Å². The summed E-state index contributed by atoms with van der Waals surface area (Å²) in [5, 5.41) is 0. The van der Waals surface area contributed by atoms with Gasteiger partial charge in [-0.05, 0) is 49.8 Å². The fraction of sp³-hybridized carbons (Fsp3) is 0.435. The Morgan fingerprint density at radius 3 is 2.53 bits per heavy atom. The lowest BCUT2D eigenvalue weighted by molar-refractivity contribution is 0.0714. The lowest BCUT2D eigenvalue weighted by atomic mass is 9.90. The van der Waals surface area contributed by atoms with E-state index in [0.29, 0.717) is 19.0 Å². The van der Waals surface area contributed by atoms with E-state index in [1.54, 1.807) is 4.90 Å². The predicted molar refractivity (Wildman–Crippen MR) is 125 cm³/mol. The van der Waals surface area contributed by atoms with Gasteiger partial charge in [0.05, 0.1) is 22.3 Å². The highest BCUT2D eigenvalue weighted by atomic mass is 32.3. The van der Waals surface area contributed by atoms with Crippen molar-refractivity contribution in [1.29, 1.82) is 0 Å². The van der Waals surface area contributed by atoms with Crippen LogP contribution in [-0.2, 0) is 4.74 Å². The number of anilines is 1. The predicted octanol–water partition coefficient (Wildman–Crippen LogP) is 5.27. The van der Waals surface area contributed by atoms with E-state index < -0.39 is 16.1 Å². The van der Waals surface area contributed by atoms with Gasteiger partial charge in [0.25, 0.3) is 5.91 Å². The zero-order valence-corrected chi connectivity index (χ0v) is 19.3. The van der Waals surface area contributed by atoms with Gasteiger partial charge in [0, 0.05) is 49.7 Å². The van der Waals surface area contributed by atoms with E-state index in [4.69, 9.17) is 15.5 Å². The Morgan fingerprint density at radius 2 is 1.85 bits per heavy atom. The number of amides is 1. The van der Waals surface area contributed by atoms with Crippen LogP contribution in [0, 0.1) is 0 Å². The number of ether oxygens (including phenoxy) is 1. The Labute approximate surface area is 197 Å². The van der Waals surface area contributed by atoms with E-state index in [0.717, 1.165) is 73.5 Å². The molecular weight excluding hydrogens is 467 g/mol. The molecule has 0 atom stereocenters. The van der Waals surface area contributed by atoms with Gasteiger partial charge in [0.1, 0.15) is 5.52 Å². The number of fused-ring (bicyclic) bond motifs is 1. The van der Waals surface area contributed by atoms with Crippen LogP contribution >= 0.6 is 11.2 Å². The Kier molecular flexibility index (Phi) is 6.15. The summed E-state index contributed by atoms with van der Waals surface area (Å²) < 4.78 is 44.4. The second kappa shape index (κ2) is 9.10. The molecule has 11 heteroatoms. The molecule has 2 aromatic heterocycles. The van der Waals surface area contributed by atoms with Gasteiger partial charge in [-0.3, -0.25) is 4.79 Å². The zero-order valence-electron chi connectivity index (χ0n) is 18.5. The SMILES string of the molecule is Nc1cc(S(F)(F)F)ccc1C(=O)N1CCC(c2c[nH]c3ncc(C4CCOCC4)nc23)CC1. The Balaban J connectivity index is 1.29. The maximum absolute atomic E-state index is 13.0. The van der Waals surface area contributed by atoms with Gasteiger partial charge >= 0.3 is 0 Å². The van der Waals surface area contributed by atoms with Crippen LogP contribution in [0.5, 0.6) is 0 Å². The molecule has 2 aliphatic rings. The first-order valence-corrected chi connectivity index (χ1v) is 12.7. The lowest BCUT2D eigenvalue weighted by Gasteiger charge is -2.32. The summed E-state index contributed by atoms with van der Waals surface area (Å²) in [5.74, 6) is 0.231. The van der Waals surface area contributed by atoms with Gasteiger partial charge in [-0.25, -0.2) is 9.97 Å². The molecule has 0 unspecified atom stereocenters. The summed E-state index contributed by atoms with van der Waals surface area (Å²) in [4.78, 5) is 26.6. The molecule has 3 aromatic rings. The summed E-state index contributed by atoms with van der Waals surface area (Å²) in [7, 11) is 0. The highest BCUT2D eigenvalue weighted by Crippen LogP contribution is 2.61. The van der Waals surface area contributed by atoms with Crippen molar-refractivity contribution in [3.05, 3.63) is 47.4 Å². The number of hydrogen-bond acceptors (Lipinski definition) is 5. The van der Waals surface area contributed by atoms with E-state index >= 15 is 0 Å². The van der Waals surface area contributed by atoms with Crippen molar-refractivity contribution in [2.45, 2.75) is 42.4 Å². The molecule has 2 saturated heterocycles. The molecule has 182 valence electrons. The van der Waals surface area contributed by atoms with Crippen molar-refractivity contribution in [2.75, 3.05) is 32.0 Å². The van der Waals surface area contributed by atoms with Gasteiger partial charge in [0.2, 0.25) is 11.2 Å². The number of aromatic amines is 1. The van der Waals surface area contributed by atoms with E-state index in [-0.39, 0.29) is 23.1 Å². The minimum Gasteiger partial charge on any atom is -0.398 e. The van der Waals surface area contributed by atoms with Gasteiger partial charge in [-0.15, -0.1) is 11.7 Å². The maximum atomic E-state index is 13.0. The number of piperidine rings is 1. The monoisotopic (exact) mass is 493 g/mol. The smallest absolute Gasteiger partial charge is 0.255 e. The van der Waals surface area contributed by atoms with E-state index in [2.05, 4.69) is 9.97 Å². The Bertz CT molecular complexity index is 1200. The van der Waals surface area contributed by atoms with Crippen molar-refractivity contribution >= 4 is 33.9 Å². The van der Waals surface area contributed by atoms with Crippen molar-refractivity contribution in [2.24, 2.45) is 0 Å². The largest absolute Gasteiger partial charge is 0.398 e. The van der Waals surface area contributed by atoms with Crippen LogP contribution in [0.25, 0.3) is 11.2 Å². The first kappa shape index (κ1) is 23.0. The van der Waals surface area contributed by atoms with Crippen molar-refractivity contribution in [3.8, 4) is 0 Å². The number of H-pyrrole nitrogens is 1. The molecule has 1 amide bonds. The average molecular weight is 494 g/mol. The zero-order chi connectivity index (χ0) is 23.9. The fourth-order valence-electron chi connectivity index (χ4n) is 4.87. The minimum absolute atomic E-state index is 0.116. The summed E-state index contributed by atoms with van der Waals surface area (Å²) in [5.41, 5.74) is 9.50. The number of nitrogens with zero attached hydrogens (tertiary/aromatic N) is 3. The molecular formula is C23H26F3N5O2S. The van der Waals surface area contributed by atoms with Crippen LogP contribution in [0.15, 0.2) is 35.5 Å². The number of halogens is 3. The van der Waals surface area contributed by atoms with Crippen LogP contribution in [0.4, 0.5) is 17.3 Å². The normalized spacial score (nSPS) is 19.0. The number of aromatic nitrogens is 3. The van der Waals surface area contributed by atoms with Gasteiger partial charge in [-0.1, -0.05) is 0 Å². The van der Waals surface area contributed by atoms with Crippen LogP contribution < -0.4 is 5.73 Å². The lowest BCUT2D eigenvalue weighted by Crippen LogP contribution is -2.38. The van der Waals surface area contributed by atoms with Crippen molar-refractivity contribution in [1.82, 2.24) is 19.9 Å². The van der Waals surface area contributed by atoms with Gasteiger partial charge in [0.15, 0.2) is 5.65 Å². The third-order valence-electron chi connectivity index (χ3n) is 6.81. The number of rotatable bonds is 4. The number of carbonyl (C=O) groups excluding carboxylic acids is 1. The molecule has 2 aliphatic heterocycles. The minimum atomic E-state index is -5.38. The molecule has 0 radical (unpaired) electrons. The maximum Gasteiger partial charge on any atom is 0.255 e. The van der Waals surface area contributed by atoms with E-state index in [1.807, 2.05) is 12.4 Å². The Hall–Kier alpha value is -2.79. The van der Waals surface area contributed by atoms with E-state index in [9.17, 15) is 16.5 Å². The summed E-state index contributed by atoms with van der Waals surface area (Å²) in [6.45, 7) is 2.47. The summed E-state index contributed by atoms with van der Waals surface area (Å²) >= 11 is -5.38. The first-order valence-electron chi connectivity index (χ1n) is 11.3. The van der Waals surface area contributed by atoms with Crippen LogP contribution in [0.2, 0.25) is 0 Å². The molecule has 2 fully saturated rings. The molecule has 5 rings (SSSR count). The number of hydrogen-bond donors (Lipinski definition) is 2. The number of likely N-dealkylation sites (tertiary alicyclic amines) is 1. The molecule has 4 heterocycles. The second-order valence-corrected chi connectivity index (χ2v) is 10.1. The van der Waals surface area contributed by atoms with Gasteiger partial charge < -0.3 is 20.4 Å². The second-order valence-electron chi connectivity index (χ2n) is 8.84. The average Bonchev–Trinajstić information content (AvgIpc) is 3.27. The molecule has 1 aromatic carbocycles. The highest BCUT2D eigenvalue weighted by molar-refractivity contribution is 8.20. The van der Waals surface area contributed by atoms with Gasteiger partial charge in [-0.2, -0.15) is 0 Å². The quantitative estimate of drug-likeness (QED) is 0.483. The number of benzene rings is 1. The number of nitrogen functional groups attached to an aromatic ring is 1. The molecule has 3 N–H and O–H groups in total. The van der Waals surface area contributed by atoms with Crippen LogP contribution in [0.1, 0.15) is 59.1 Å². The fourth-order valence-corrected chi connectivity index (χ4v) is 5.35. The molecule has 0 bridgehead atoms. The number of nitrogens with two attached hydrogens (primary N) is 1.